The van der Waals surface area contributed by atoms with E-state index in [0.717, 1.165) is 36.4 Å². The average molecular weight is 821 g/mol. The maximum absolute atomic E-state index is 15.5. The number of aryl methyl sites for hydroxylation is 2. The lowest BCUT2D eigenvalue weighted by Gasteiger charge is -2.16. The molecule has 0 amide bonds. The van der Waals surface area contributed by atoms with Crippen molar-refractivity contribution in [3.8, 4) is 56.0 Å². The number of sulfone groups is 1. The number of pyridine rings is 2. The van der Waals surface area contributed by atoms with Gasteiger partial charge in [-0.2, -0.15) is 0 Å². The molecule has 0 N–H and O–H groups in total. The molecule has 2 aromatic heterocycles. The van der Waals surface area contributed by atoms with Crippen LogP contribution >= 0.6 is 0 Å². The Morgan fingerprint density at radius 2 is 0.860 bits per heavy atom. The number of rotatable bonds is 10. The summed E-state index contributed by atoms with van der Waals surface area (Å²) < 4.78 is 175. The zero-order valence-corrected chi connectivity index (χ0v) is 30.2. The molecule has 6 aromatic rings. The molecule has 0 fully saturated rings. The quantitative estimate of drug-likeness (QED) is 0.128. The zero-order valence-electron chi connectivity index (χ0n) is 29.4. The van der Waals surface area contributed by atoms with Crippen LogP contribution in [0.2, 0.25) is 0 Å². The van der Waals surface area contributed by atoms with Crippen LogP contribution in [0.5, 0.6) is 11.5 Å². The van der Waals surface area contributed by atoms with Crippen molar-refractivity contribution in [3.05, 3.63) is 143 Å². The largest absolute Gasteiger partial charge is 0.573 e. The second kappa shape index (κ2) is 15.5. The first-order chi connectivity index (χ1) is 26.7. The van der Waals surface area contributed by atoms with E-state index in [1.54, 1.807) is 0 Å². The topological polar surface area (TPSA) is 78.4 Å². The number of ether oxygens (including phenoxy) is 2. The number of hydrogen-bond donors (Lipinski definition) is 0. The molecule has 0 saturated heterocycles. The molecule has 296 valence electrons. The van der Waals surface area contributed by atoms with Crippen LogP contribution in [0.3, 0.4) is 0 Å². The van der Waals surface area contributed by atoms with E-state index in [-0.39, 0.29) is 55.6 Å². The molecule has 0 radical (unpaired) electrons. The molecule has 0 saturated carbocycles. The van der Waals surface area contributed by atoms with E-state index in [1.807, 2.05) is 0 Å². The molecule has 0 aliphatic heterocycles. The van der Waals surface area contributed by atoms with Crippen molar-refractivity contribution in [1.29, 1.82) is 0 Å². The van der Waals surface area contributed by atoms with Crippen LogP contribution in [0.4, 0.5) is 43.9 Å². The molecule has 57 heavy (non-hydrogen) atoms. The Hall–Kier alpha value is -5.97. The summed E-state index contributed by atoms with van der Waals surface area (Å²) >= 11 is 0. The highest BCUT2D eigenvalue weighted by Gasteiger charge is 2.33. The van der Waals surface area contributed by atoms with Crippen LogP contribution in [-0.4, -0.2) is 31.1 Å². The van der Waals surface area contributed by atoms with E-state index in [1.165, 1.54) is 75.0 Å². The molecule has 0 atom stereocenters. The number of aromatic nitrogens is 2. The Kier molecular flexibility index (Phi) is 11.1. The van der Waals surface area contributed by atoms with Gasteiger partial charge in [-0.3, -0.25) is 9.97 Å². The Bertz CT molecular complexity index is 2390. The van der Waals surface area contributed by atoms with Gasteiger partial charge in [0.05, 0.1) is 11.5 Å². The highest BCUT2D eigenvalue weighted by molar-refractivity contribution is 7.89. The zero-order chi connectivity index (χ0) is 41.4. The third-order valence-corrected chi connectivity index (χ3v) is 10.2. The van der Waals surface area contributed by atoms with Crippen molar-refractivity contribution in [2.24, 2.45) is 0 Å². The van der Waals surface area contributed by atoms with Crippen molar-refractivity contribution >= 4 is 9.84 Å². The van der Waals surface area contributed by atoms with E-state index >= 15 is 17.6 Å². The van der Waals surface area contributed by atoms with Crippen molar-refractivity contribution < 1.29 is 61.8 Å². The maximum atomic E-state index is 15.5. The lowest BCUT2D eigenvalue weighted by atomic mass is 9.95. The fourth-order valence-electron chi connectivity index (χ4n) is 6.04. The molecular weight excluding hydrogens is 794 g/mol. The summed E-state index contributed by atoms with van der Waals surface area (Å²) in [6.07, 6.45) is -4.98. The number of benzene rings is 4. The number of nitrogens with zero attached hydrogens (tertiary/aromatic N) is 2. The Morgan fingerprint density at radius 1 is 0.509 bits per heavy atom. The second-order valence-corrected chi connectivity index (χ2v) is 14.8. The molecule has 0 aliphatic rings. The van der Waals surface area contributed by atoms with E-state index in [4.69, 9.17) is 0 Å². The molecule has 0 spiro atoms. The SMILES string of the molecule is Cc1ccc(-c2ccncc2-c2cc(F)c(CS(=O)(=O)Cc3c(F)cc(-c4cnccc4-c4ccc(C)c(OC(F)(F)F)c4)cc3F)c(F)c2)cc1OC(F)(F)F. The van der Waals surface area contributed by atoms with Gasteiger partial charge in [0.25, 0.3) is 0 Å². The van der Waals surface area contributed by atoms with Gasteiger partial charge in [0.1, 0.15) is 34.8 Å². The van der Waals surface area contributed by atoms with Gasteiger partial charge in [-0.05, 0) is 107 Å². The van der Waals surface area contributed by atoms with Crippen LogP contribution in [0, 0.1) is 37.1 Å². The second-order valence-electron chi connectivity index (χ2n) is 12.8. The Morgan fingerprint density at radius 3 is 1.19 bits per heavy atom. The van der Waals surface area contributed by atoms with Crippen molar-refractivity contribution in [2.75, 3.05) is 0 Å². The summed E-state index contributed by atoms with van der Waals surface area (Å²) in [5.74, 6) is -9.01. The van der Waals surface area contributed by atoms with Crippen LogP contribution < -0.4 is 9.47 Å². The molecule has 0 bridgehead atoms. The minimum atomic E-state index is -4.99. The van der Waals surface area contributed by atoms with Crippen molar-refractivity contribution in [3.63, 3.8) is 0 Å². The summed E-state index contributed by atoms with van der Waals surface area (Å²) in [6, 6.07) is 13.8. The number of alkyl halides is 6. The molecule has 0 unspecified atom stereocenters. The van der Waals surface area contributed by atoms with E-state index < -0.39 is 80.0 Å². The number of hydrogen-bond acceptors (Lipinski definition) is 6. The lowest BCUT2D eigenvalue weighted by Crippen LogP contribution is -2.17. The van der Waals surface area contributed by atoms with Crippen LogP contribution in [-0.2, 0) is 21.3 Å². The van der Waals surface area contributed by atoms with E-state index in [0.29, 0.717) is 0 Å². The highest BCUT2D eigenvalue weighted by atomic mass is 32.2. The minimum absolute atomic E-state index is 0.0741. The minimum Gasteiger partial charge on any atom is -0.405 e. The van der Waals surface area contributed by atoms with Gasteiger partial charge in [-0.1, -0.05) is 24.3 Å². The lowest BCUT2D eigenvalue weighted by molar-refractivity contribution is -0.275. The standard InChI is InChI=1S/C40H26F10N2O4S/c1-21-3-5-23(15-37(21)55-39(45,46)47)27-7-9-51-17-29(27)25-11-33(41)31(34(42)12-25)19-57(53,54)20-32-35(43)13-26(14-36(32)44)30-18-52-10-8-28(30)24-6-4-22(2)38(16-24)56-40(48,49)50/h3-18H,19-20H2,1-2H3. The molecule has 17 heteroatoms. The van der Waals surface area contributed by atoms with Gasteiger partial charge in [0, 0.05) is 47.0 Å². The van der Waals surface area contributed by atoms with Crippen LogP contribution in [0.25, 0.3) is 44.5 Å². The van der Waals surface area contributed by atoms with Crippen molar-refractivity contribution in [2.45, 2.75) is 38.1 Å². The maximum Gasteiger partial charge on any atom is 0.573 e. The average Bonchev–Trinajstić information content (AvgIpc) is 3.12. The third-order valence-electron chi connectivity index (χ3n) is 8.72. The van der Waals surface area contributed by atoms with E-state index in [9.17, 15) is 34.8 Å². The summed E-state index contributed by atoms with van der Waals surface area (Å²) in [6.45, 7) is 2.78. The van der Waals surface area contributed by atoms with Crippen LogP contribution in [0.15, 0.2) is 97.6 Å². The molecule has 2 heterocycles. The summed E-state index contributed by atoms with van der Waals surface area (Å²) in [7, 11) is -4.68. The normalized spacial score (nSPS) is 12.1. The van der Waals surface area contributed by atoms with Gasteiger partial charge in [0.2, 0.25) is 0 Å². The molecule has 6 rings (SSSR count). The third kappa shape index (κ3) is 9.53. The monoisotopic (exact) mass is 820 g/mol. The fourth-order valence-corrected chi connectivity index (χ4v) is 7.57. The molecular formula is C40H26F10N2O4S. The summed E-state index contributed by atoms with van der Waals surface area (Å²) in [4.78, 5) is 7.89. The van der Waals surface area contributed by atoms with Gasteiger partial charge in [-0.25, -0.2) is 26.0 Å². The van der Waals surface area contributed by atoms with Gasteiger partial charge in [0.15, 0.2) is 9.84 Å². The first kappa shape index (κ1) is 40.7. The molecule has 4 aromatic carbocycles. The Labute approximate surface area is 318 Å². The first-order valence-corrected chi connectivity index (χ1v) is 18.3. The van der Waals surface area contributed by atoms with Gasteiger partial charge in [-0.15, -0.1) is 26.3 Å². The predicted molar refractivity (Wildman–Crippen MR) is 189 cm³/mol. The smallest absolute Gasteiger partial charge is 0.405 e. The predicted octanol–water partition coefficient (Wildman–Crippen LogP) is 11.2. The van der Waals surface area contributed by atoms with Gasteiger partial charge < -0.3 is 9.47 Å². The van der Waals surface area contributed by atoms with Crippen molar-refractivity contribution in [1.82, 2.24) is 9.97 Å². The Balaban J connectivity index is 1.27. The highest BCUT2D eigenvalue weighted by Crippen LogP contribution is 2.39. The molecule has 6 nitrogen and oxygen atoms in total. The number of halogens is 10. The van der Waals surface area contributed by atoms with Crippen LogP contribution in [0.1, 0.15) is 22.3 Å². The summed E-state index contributed by atoms with van der Waals surface area (Å²) in [5.41, 5.74) is -0.929. The summed E-state index contributed by atoms with van der Waals surface area (Å²) in [5, 5.41) is 0. The first-order valence-electron chi connectivity index (χ1n) is 16.5. The fraction of sp³-hybridized carbons (Fsp3) is 0.150. The van der Waals surface area contributed by atoms with Gasteiger partial charge >= 0.3 is 12.7 Å². The molecule has 0 aliphatic carbocycles. The van der Waals surface area contributed by atoms with E-state index in [2.05, 4.69) is 19.4 Å².